The van der Waals surface area contributed by atoms with Gasteiger partial charge in [0.15, 0.2) is 0 Å². The molecule has 0 bridgehead atoms. The van der Waals surface area contributed by atoms with Crippen LogP contribution in [-0.2, 0) is 9.59 Å². The molecule has 2 N–H and O–H groups in total. The predicted octanol–water partition coefficient (Wildman–Crippen LogP) is 1.28. The van der Waals surface area contributed by atoms with Crippen molar-refractivity contribution in [2.45, 2.75) is 46.2 Å². The molecule has 94 valence electrons. The Morgan fingerprint density at radius 3 is 2.06 bits per heavy atom. The number of carbonyl (C=O) groups is 2. The van der Waals surface area contributed by atoms with Crippen molar-refractivity contribution in [3.8, 4) is 0 Å². The second-order valence-corrected chi connectivity index (χ2v) is 5.33. The first-order valence-electron chi connectivity index (χ1n) is 5.35. The third-order valence-electron chi connectivity index (χ3n) is 1.93. The molecule has 0 rings (SSSR count). The van der Waals surface area contributed by atoms with Gasteiger partial charge in [-0.15, -0.1) is 11.6 Å². The molecule has 0 aromatic rings. The third-order valence-corrected chi connectivity index (χ3v) is 2.39. The van der Waals surface area contributed by atoms with E-state index in [-0.39, 0.29) is 29.2 Å². The highest BCUT2D eigenvalue weighted by molar-refractivity contribution is 6.19. The maximum Gasteiger partial charge on any atom is 0.242 e. The number of carbonyl (C=O) groups excluding carboxylic acids is 2. The fraction of sp³-hybridized carbons (Fsp3) is 0.818. The molecule has 0 aromatic carbocycles. The van der Waals surface area contributed by atoms with Gasteiger partial charge in [-0.1, -0.05) is 6.92 Å². The molecule has 0 aliphatic heterocycles. The molecule has 0 spiro atoms. The van der Waals surface area contributed by atoms with Crippen LogP contribution in [0.5, 0.6) is 0 Å². The van der Waals surface area contributed by atoms with Gasteiger partial charge in [-0.25, -0.2) is 0 Å². The number of nitrogens with one attached hydrogen (secondary N) is 2. The van der Waals surface area contributed by atoms with Crippen molar-refractivity contribution in [1.29, 1.82) is 0 Å². The third kappa shape index (κ3) is 5.95. The lowest BCUT2D eigenvalue weighted by atomic mass is 10.1. The molecule has 0 aliphatic carbocycles. The Kier molecular flexibility index (Phi) is 5.79. The van der Waals surface area contributed by atoms with Crippen LogP contribution >= 0.6 is 11.6 Å². The second kappa shape index (κ2) is 6.09. The van der Waals surface area contributed by atoms with E-state index in [2.05, 4.69) is 10.6 Å². The van der Waals surface area contributed by atoms with Gasteiger partial charge in [0.05, 0.1) is 0 Å². The standard InChI is InChI=1S/C11H21ClN2O2/c1-7(6-12)9(15)13-8(2)10(16)14-11(3,4)5/h7-8H,6H2,1-5H3,(H,13,15)(H,14,16). The van der Waals surface area contributed by atoms with Gasteiger partial charge in [-0.2, -0.15) is 0 Å². The summed E-state index contributed by atoms with van der Waals surface area (Å²) in [6.07, 6.45) is 0. The van der Waals surface area contributed by atoms with Gasteiger partial charge in [-0.3, -0.25) is 9.59 Å². The summed E-state index contributed by atoms with van der Waals surface area (Å²) in [5, 5.41) is 5.41. The Hall–Kier alpha value is -0.770. The van der Waals surface area contributed by atoms with Crippen molar-refractivity contribution in [2.75, 3.05) is 5.88 Å². The van der Waals surface area contributed by atoms with Crippen molar-refractivity contribution in [3.05, 3.63) is 0 Å². The van der Waals surface area contributed by atoms with Gasteiger partial charge < -0.3 is 10.6 Å². The average Bonchev–Trinajstić information content (AvgIpc) is 2.13. The Balaban J connectivity index is 4.21. The van der Waals surface area contributed by atoms with Gasteiger partial charge in [0.2, 0.25) is 11.8 Å². The highest BCUT2D eigenvalue weighted by atomic mass is 35.5. The number of hydrogen-bond acceptors (Lipinski definition) is 2. The maximum atomic E-state index is 11.6. The van der Waals surface area contributed by atoms with E-state index in [1.165, 1.54) is 0 Å². The van der Waals surface area contributed by atoms with E-state index >= 15 is 0 Å². The molecule has 0 aliphatic rings. The first-order valence-corrected chi connectivity index (χ1v) is 5.89. The topological polar surface area (TPSA) is 58.2 Å². The number of hydrogen-bond donors (Lipinski definition) is 2. The van der Waals surface area contributed by atoms with Gasteiger partial charge in [0, 0.05) is 17.3 Å². The van der Waals surface area contributed by atoms with Crippen LogP contribution in [0.4, 0.5) is 0 Å². The summed E-state index contributed by atoms with van der Waals surface area (Å²) in [5.74, 6) is -0.430. The summed E-state index contributed by atoms with van der Waals surface area (Å²) in [4.78, 5) is 23.1. The van der Waals surface area contributed by atoms with Crippen LogP contribution in [0.25, 0.3) is 0 Å². The minimum atomic E-state index is -0.544. The first-order chi connectivity index (χ1) is 7.17. The molecule has 0 saturated carbocycles. The Morgan fingerprint density at radius 2 is 1.69 bits per heavy atom. The van der Waals surface area contributed by atoms with Crippen LogP contribution in [0, 0.1) is 5.92 Å². The van der Waals surface area contributed by atoms with E-state index < -0.39 is 6.04 Å². The summed E-state index contributed by atoms with van der Waals surface area (Å²) in [6, 6.07) is -0.544. The molecule has 4 nitrogen and oxygen atoms in total. The van der Waals surface area contributed by atoms with E-state index in [0.29, 0.717) is 0 Å². The quantitative estimate of drug-likeness (QED) is 0.737. The van der Waals surface area contributed by atoms with Gasteiger partial charge in [0.25, 0.3) is 0 Å². The molecule has 2 amide bonds. The van der Waals surface area contributed by atoms with Crippen molar-refractivity contribution < 1.29 is 9.59 Å². The monoisotopic (exact) mass is 248 g/mol. The van der Waals surface area contributed by atoms with Crippen LogP contribution in [0.15, 0.2) is 0 Å². The van der Waals surface area contributed by atoms with E-state index in [9.17, 15) is 9.59 Å². The summed E-state index contributed by atoms with van der Waals surface area (Å²) in [5.41, 5.74) is -0.297. The largest absolute Gasteiger partial charge is 0.350 e. The number of halogens is 1. The maximum absolute atomic E-state index is 11.6. The van der Waals surface area contributed by atoms with E-state index in [1.54, 1.807) is 13.8 Å². The van der Waals surface area contributed by atoms with Crippen LogP contribution in [0.2, 0.25) is 0 Å². The lowest BCUT2D eigenvalue weighted by Crippen LogP contribution is -2.51. The van der Waals surface area contributed by atoms with Crippen molar-refractivity contribution in [3.63, 3.8) is 0 Å². The van der Waals surface area contributed by atoms with E-state index in [0.717, 1.165) is 0 Å². The fourth-order valence-corrected chi connectivity index (χ4v) is 1.11. The SMILES string of the molecule is CC(CCl)C(=O)NC(C)C(=O)NC(C)(C)C. The normalized spacial score (nSPS) is 15.1. The molecule has 2 unspecified atom stereocenters. The number of alkyl halides is 1. The highest BCUT2D eigenvalue weighted by Gasteiger charge is 2.22. The van der Waals surface area contributed by atoms with Crippen LogP contribution in [0.1, 0.15) is 34.6 Å². The number of rotatable bonds is 4. The summed E-state index contributed by atoms with van der Waals surface area (Å²) in [7, 11) is 0. The summed E-state index contributed by atoms with van der Waals surface area (Å²) < 4.78 is 0. The molecule has 0 radical (unpaired) electrons. The minimum Gasteiger partial charge on any atom is -0.350 e. The summed E-state index contributed by atoms with van der Waals surface area (Å²) in [6.45, 7) is 9.04. The van der Waals surface area contributed by atoms with Crippen molar-refractivity contribution >= 4 is 23.4 Å². The molecule has 0 fully saturated rings. The van der Waals surface area contributed by atoms with Gasteiger partial charge >= 0.3 is 0 Å². The zero-order valence-electron chi connectivity index (χ0n) is 10.6. The molecule has 0 aromatic heterocycles. The van der Waals surface area contributed by atoms with Crippen LogP contribution < -0.4 is 10.6 Å². The van der Waals surface area contributed by atoms with Crippen molar-refractivity contribution in [2.24, 2.45) is 5.92 Å². The van der Waals surface area contributed by atoms with E-state index in [1.807, 2.05) is 20.8 Å². The molecule has 5 heteroatoms. The fourth-order valence-electron chi connectivity index (χ4n) is 0.969. The molecule has 16 heavy (non-hydrogen) atoms. The van der Waals surface area contributed by atoms with Crippen molar-refractivity contribution in [1.82, 2.24) is 10.6 Å². The molecular weight excluding hydrogens is 228 g/mol. The van der Waals surface area contributed by atoms with Gasteiger partial charge in [0.1, 0.15) is 6.04 Å². The van der Waals surface area contributed by atoms with Gasteiger partial charge in [-0.05, 0) is 27.7 Å². The second-order valence-electron chi connectivity index (χ2n) is 5.02. The average molecular weight is 249 g/mol. The molecule has 0 saturated heterocycles. The van der Waals surface area contributed by atoms with Crippen LogP contribution in [0.3, 0.4) is 0 Å². The van der Waals surface area contributed by atoms with E-state index in [4.69, 9.17) is 11.6 Å². The zero-order chi connectivity index (χ0) is 12.9. The Bertz CT molecular complexity index is 261. The molecule has 0 heterocycles. The Morgan fingerprint density at radius 1 is 1.19 bits per heavy atom. The number of amides is 2. The van der Waals surface area contributed by atoms with Crippen LogP contribution in [-0.4, -0.2) is 29.3 Å². The smallest absolute Gasteiger partial charge is 0.242 e. The molecule has 2 atom stereocenters. The lowest BCUT2D eigenvalue weighted by Gasteiger charge is -2.24. The molecular formula is C11H21ClN2O2. The minimum absolute atomic E-state index is 0.192. The lowest BCUT2D eigenvalue weighted by molar-refractivity contribution is -0.130. The first kappa shape index (κ1) is 15.2. The zero-order valence-corrected chi connectivity index (χ0v) is 11.3. The summed E-state index contributed by atoms with van der Waals surface area (Å²) >= 11 is 5.55. The predicted molar refractivity (Wildman–Crippen MR) is 65.4 cm³/mol. The Labute approximate surface area is 102 Å². The highest BCUT2D eigenvalue weighted by Crippen LogP contribution is 2.01.